The van der Waals surface area contributed by atoms with Crippen molar-refractivity contribution in [3.05, 3.63) is 60.7 Å². The number of hydrogen-bond donors (Lipinski definition) is 3. The van der Waals surface area contributed by atoms with E-state index in [1.807, 2.05) is 74.5 Å². The van der Waals surface area contributed by atoms with Crippen LogP contribution in [0.5, 0.6) is 0 Å². The fourth-order valence-corrected chi connectivity index (χ4v) is 8.99. The Kier molecular flexibility index (Phi) is 6.37. The van der Waals surface area contributed by atoms with E-state index in [0.29, 0.717) is 6.42 Å². The number of ether oxygens (including phenoxy) is 3. The molecule has 2 fully saturated rings. The second-order valence-electron chi connectivity index (χ2n) is 9.98. The molecular formula is C25H34O6Si. The van der Waals surface area contributed by atoms with Crippen LogP contribution in [0.3, 0.4) is 0 Å². The van der Waals surface area contributed by atoms with E-state index in [0.717, 1.165) is 10.4 Å². The Morgan fingerprint density at radius 3 is 1.94 bits per heavy atom. The number of benzene rings is 2. The number of rotatable bonds is 7. The van der Waals surface area contributed by atoms with Crippen molar-refractivity contribution in [1.82, 2.24) is 0 Å². The quantitative estimate of drug-likeness (QED) is 0.546. The Balaban J connectivity index is 1.70. The van der Waals surface area contributed by atoms with Gasteiger partial charge in [0.15, 0.2) is 5.79 Å². The fraction of sp³-hybridized carbons (Fsp3) is 0.520. The lowest BCUT2D eigenvalue weighted by molar-refractivity contribution is -0.200. The molecule has 2 aliphatic heterocycles. The molecule has 7 heteroatoms. The molecular weight excluding hydrogens is 424 g/mol. The lowest BCUT2D eigenvalue weighted by atomic mass is 9.98. The Labute approximate surface area is 190 Å². The lowest BCUT2D eigenvalue weighted by Gasteiger charge is -2.43. The second kappa shape index (κ2) is 8.65. The molecule has 0 aliphatic carbocycles. The molecule has 0 radical (unpaired) electrons. The highest BCUT2D eigenvalue weighted by Gasteiger charge is 2.60. The van der Waals surface area contributed by atoms with Crippen LogP contribution in [0.1, 0.15) is 34.1 Å². The molecule has 0 saturated carbocycles. The first-order chi connectivity index (χ1) is 15.1. The van der Waals surface area contributed by atoms with Gasteiger partial charge in [0.05, 0.1) is 12.7 Å². The third-order valence-corrected chi connectivity index (χ3v) is 11.3. The van der Waals surface area contributed by atoms with Crippen molar-refractivity contribution in [2.45, 2.75) is 75.5 Å². The second-order valence-corrected chi connectivity index (χ2v) is 13.9. The summed E-state index contributed by atoms with van der Waals surface area (Å²) in [7, 11) is -3.22. The van der Waals surface area contributed by atoms with Gasteiger partial charge in [0.2, 0.25) is 0 Å². The highest BCUT2D eigenvalue weighted by molar-refractivity contribution is 6.98. The summed E-state index contributed by atoms with van der Waals surface area (Å²) in [6, 6.07) is 19.7. The van der Waals surface area contributed by atoms with Gasteiger partial charge in [0.1, 0.15) is 24.4 Å². The Bertz CT molecular complexity index is 864. The Morgan fingerprint density at radius 1 is 0.938 bits per heavy atom. The third kappa shape index (κ3) is 4.07. The molecule has 0 unspecified atom stereocenters. The van der Waals surface area contributed by atoms with Gasteiger partial charge in [-0.2, -0.15) is 0 Å². The summed E-state index contributed by atoms with van der Waals surface area (Å²) < 4.78 is 18.4. The topological polar surface area (TPSA) is 88.4 Å². The van der Waals surface area contributed by atoms with Gasteiger partial charge in [0.25, 0.3) is 8.32 Å². The highest BCUT2D eigenvalue weighted by atomic mass is 28.4. The first-order valence-electron chi connectivity index (χ1n) is 11.2. The molecule has 4 rings (SSSR count). The Morgan fingerprint density at radius 2 is 1.44 bits per heavy atom. The van der Waals surface area contributed by atoms with Crippen LogP contribution < -0.4 is 10.4 Å². The predicted octanol–water partition coefficient (Wildman–Crippen LogP) is 1.55. The molecule has 0 aromatic heterocycles. The molecule has 2 aromatic carbocycles. The van der Waals surface area contributed by atoms with Crippen molar-refractivity contribution in [3.63, 3.8) is 0 Å². The number of aliphatic hydroxyl groups is 2. The van der Waals surface area contributed by atoms with Crippen LogP contribution in [0.2, 0.25) is 5.04 Å². The summed E-state index contributed by atoms with van der Waals surface area (Å²) in [5.74, 6) is -0.804. The maximum atomic E-state index is 12.4. The SMILES string of the molecule is CC1(C)O[C@H]2[C@@H]([C@H](O)CO)O[C@H](CC(C)(C)[Si](O)(c3ccccc3)c3ccccc3)[C@H]2O1. The largest absolute Gasteiger partial charge is 0.424 e. The van der Waals surface area contributed by atoms with Gasteiger partial charge in [-0.15, -0.1) is 0 Å². The molecule has 174 valence electrons. The van der Waals surface area contributed by atoms with Crippen molar-refractivity contribution in [2.75, 3.05) is 6.61 Å². The van der Waals surface area contributed by atoms with Crippen LogP contribution >= 0.6 is 0 Å². The summed E-state index contributed by atoms with van der Waals surface area (Å²) in [6.07, 6.45) is -2.50. The van der Waals surface area contributed by atoms with Crippen LogP contribution in [0.4, 0.5) is 0 Å². The summed E-state index contributed by atoms with van der Waals surface area (Å²) in [4.78, 5) is 12.4. The number of aliphatic hydroxyl groups excluding tert-OH is 2. The average molecular weight is 459 g/mol. The molecule has 2 aliphatic rings. The fourth-order valence-electron chi connectivity index (χ4n) is 5.25. The number of fused-ring (bicyclic) bond motifs is 1. The van der Waals surface area contributed by atoms with E-state index in [4.69, 9.17) is 14.2 Å². The summed E-state index contributed by atoms with van der Waals surface area (Å²) in [5, 5.41) is 21.2. The summed E-state index contributed by atoms with van der Waals surface area (Å²) in [6.45, 7) is 7.42. The van der Waals surface area contributed by atoms with Crippen LogP contribution in [0, 0.1) is 0 Å². The molecule has 0 spiro atoms. The van der Waals surface area contributed by atoms with Crippen molar-refractivity contribution >= 4 is 18.7 Å². The summed E-state index contributed by atoms with van der Waals surface area (Å²) in [5.41, 5.74) is 0. The molecule has 2 heterocycles. The molecule has 6 nitrogen and oxygen atoms in total. The third-order valence-electron chi connectivity index (χ3n) is 6.83. The van der Waals surface area contributed by atoms with E-state index < -0.39 is 50.2 Å². The van der Waals surface area contributed by atoms with Gasteiger partial charge in [0, 0.05) is 0 Å². The first-order valence-corrected chi connectivity index (χ1v) is 13.2. The lowest BCUT2D eigenvalue weighted by Crippen LogP contribution is -2.66. The smallest absolute Gasteiger partial charge is 0.258 e. The van der Waals surface area contributed by atoms with E-state index in [1.54, 1.807) is 0 Å². The van der Waals surface area contributed by atoms with Crippen molar-refractivity contribution < 1.29 is 29.2 Å². The van der Waals surface area contributed by atoms with E-state index in [1.165, 1.54) is 0 Å². The standard InChI is InChI=1S/C25H34O6Si/c1-24(2,32(28,17-11-7-5-8-12-17)18-13-9-6-10-14-18)15-20-22-23(31-25(3,4)30-22)21(29-20)19(27)16-26/h5-14,19-23,26-28H,15-16H2,1-4H3/t19-,20-,21-,22-,23+/m1/s1. The molecule has 3 N–H and O–H groups in total. The van der Waals surface area contributed by atoms with Gasteiger partial charge in [-0.05, 0) is 35.7 Å². The zero-order valence-corrected chi connectivity index (χ0v) is 20.1. The minimum Gasteiger partial charge on any atom is -0.424 e. The minimum atomic E-state index is -3.22. The summed E-state index contributed by atoms with van der Waals surface area (Å²) >= 11 is 0. The average Bonchev–Trinajstić information content (AvgIpc) is 3.26. The zero-order valence-electron chi connectivity index (χ0n) is 19.1. The maximum absolute atomic E-state index is 12.4. The van der Waals surface area contributed by atoms with Gasteiger partial charge in [-0.3, -0.25) is 0 Å². The van der Waals surface area contributed by atoms with Crippen LogP contribution in [-0.4, -0.2) is 66.2 Å². The molecule has 0 amide bonds. The molecule has 2 saturated heterocycles. The van der Waals surface area contributed by atoms with Crippen molar-refractivity contribution in [2.24, 2.45) is 0 Å². The van der Waals surface area contributed by atoms with Crippen molar-refractivity contribution in [1.29, 1.82) is 0 Å². The molecule has 5 atom stereocenters. The van der Waals surface area contributed by atoms with Crippen LogP contribution in [0.25, 0.3) is 0 Å². The molecule has 2 aromatic rings. The van der Waals surface area contributed by atoms with Gasteiger partial charge < -0.3 is 29.2 Å². The Hall–Kier alpha value is -1.58. The van der Waals surface area contributed by atoms with Crippen LogP contribution in [-0.2, 0) is 14.2 Å². The molecule has 32 heavy (non-hydrogen) atoms. The molecule has 0 bridgehead atoms. The maximum Gasteiger partial charge on any atom is 0.258 e. The zero-order chi connectivity index (χ0) is 23.1. The van der Waals surface area contributed by atoms with E-state index in [9.17, 15) is 15.0 Å². The van der Waals surface area contributed by atoms with E-state index in [2.05, 4.69) is 13.8 Å². The van der Waals surface area contributed by atoms with E-state index in [-0.39, 0.29) is 6.10 Å². The van der Waals surface area contributed by atoms with Gasteiger partial charge >= 0.3 is 0 Å². The normalized spacial score (nSPS) is 28.5. The first kappa shape index (κ1) is 23.6. The predicted molar refractivity (Wildman–Crippen MR) is 124 cm³/mol. The van der Waals surface area contributed by atoms with Crippen molar-refractivity contribution in [3.8, 4) is 0 Å². The van der Waals surface area contributed by atoms with Crippen LogP contribution in [0.15, 0.2) is 60.7 Å². The number of hydrogen-bond acceptors (Lipinski definition) is 6. The van der Waals surface area contributed by atoms with Gasteiger partial charge in [-0.1, -0.05) is 74.5 Å². The van der Waals surface area contributed by atoms with Gasteiger partial charge in [-0.25, -0.2) is 0 Å². The minimum absolute atomic E-state index is 0.389. The monoisotopic (exact) mass is 458 g/mol. The van der Waals surface area contributed by atoms with E-state index >= 15 is 0 Å². The highest BCUT2D eigenvalue weighted by Crippen LogP contribution is 2.47.